The second-order valence-corrected chi connectivity index (χ2v) is 7.68. The van der Waals surface area contributed by atoms with E-state index in [-0.39, 0.29) is 11.9 Å². The molecule has 33 heavy (non-hydrogen) atoms. The van der Waals surface area contributed by atoms with Gasteiger partial charge < -0.3 is 10.1 Å². The van der Waals surface area contributed by atoms with Gasteiger partial charge >= 0.3 is 0 Å². The Morgan fingerprint density at radius 1 is 1.06 bits per heavy atom. The summed E-state index contributed by atoms with van der Waals surface area (Å²) in [7, 11) is 0. The molecule has 0 aliphatic rings. The number of nitrogens with one attached hydrogen (secondary N) is 1. The summed E-state index contributed by atoms with van der Waals surface area (Å²) in [5.74, 6) is 0.589. The Labute approximate surface area is 193 Å². The van der Waals surface area contributed by atoms with Crippen LogP contribution in [0, 0.1) is 6.92 Å². The van der Waals surface area contributed by atoms with Gasteiger partial charge in [0, 0.05) is 23.5 Å². The molecule has 2 aromatic heterocycles. The third-order valence-corrected chi connectivity index (χ3v) is 5.29. The average Bonchev–Trinajstić information content (AvgIpc) is 3.24. The summed E-state index contributed by atoms with van der Waals surface area (Å²) in [5.41, 5.74) is 4.76. The van der Waals surface area contributed by atoms with Crippen LogP contribution in [0.1, 0.15) is 35.5 Å². The van der Waals surface area contributed by atoms with Crippen LogP contribution < -0.4 is 10.1 Å². The van der Waals surface area contributed by atoms with Gasteiger partial charge in [-0.25, -0.2) is 4.68 Å². The third-order valence-electron chi connectivity index (χ3n) is 5.29. The van der Waals surface area contributed by atoms with Gasteiger partial charge in [0.2, 0.25) is 5.91 Å². The zero-order valence-corrected chi connectivity index (χ0v) is 18.7. The Hall–Kier alpha value is -4.19. The molecule has 1 atom stereocenters. The topological polar surface area (TPSA) is 69.0 Å². The molecule has 1 N–H and O–H groups in total. The lowest BCUT2D eigenvalue weighted by atomic mass is 10.1. The van der Waals surface area contributed by atoms with Crippen molar-refractivity contribution in [2.45, 2.75) is 26.5 Å². The monoisotopic (exact) mass is 438 g/mol. The zero-order chi connectivity index (χ0) is 23.0. The summed E-state index contributed by atoms with van der Waals surface area (Å²) in [6, 6.07) is 23.1. The molecule has 1 amide bonds. The average molecular weight is 439 g/mol. The quantitative estimate of drug-likeness (QED) is 0.391. The maximum Gasteiger partial charge on any atom is 0.244 e. The standard InChI is InChI=1S/C27H26N4O2/c1-20(26-18-29-31(21(26)2)24-9-4-3-5-10-24)30-27(32)16-13-22-11-14-25(15-12-22)33-19-23-8-6-7-17-28-23/h3-18,20H,19H2,1-2H3,(H,30,32)/b16-13+/t20-/m0/s1. The van der Waals surface area contributed by atoms with Crippen molar-refractivity contribution in [1.82, 2.24) is 20.1 Å². The van der Waals surface area contributed by atoms with Crippen molar-refractivity contribution >= 4 is 12.0 Å². The molecule has 0 saturated heterocycles. The van der Waals surface area contributed by atoms with E-state index >= 15 is 0 Å². The number of benzene rings is 2. The van der Waals surface area contributed by atoms with Gasteiger partial charge in [-0.2, -0.15) is 5.10 Å². The van der Waals surface area contributed by atoms with Crippen LogP contribution in [0.15, 0.2) is 91.3 Å². The van der Waals surface area contributed by atoms with E-state index in [0.29, 0.717) is 6.61 Å². The maximum atomic E-state index is 12.5. The summed E-state index contributed by atoms with van der Waals surface area (Å²) in [4.78, 5) is 16.7. The largest absolute Gasteiger partial charge is 0.487 e. The molecule has 166 valence electrons. The molecule has 0 aliphatic carbocycles. The molecule has 4 aromatic rings. The number of hydrogen-bond donors (Lipinski definition) is 1. The van der Waals surface area contributed by atoms with E-state index < -0.39 is 0 Å². The third kappa shape index (κ3) is 5.74. The van der Waals surface area contributed by atoms with Gasteiger partial charge in [0.25, 0.3) is 0 Å². The molecule has 0 spiro atoms. The van der Waals surface area contributed by atoms with Gasteiger partial charge in [-0.3, -0.25) is 9.78 Å². The van der Waals surface area contributed by atoms with E-state index in [1.54, 1.807) is 18.5 Å². The lowest BCUT2D eigenvalue weighted by Gasteiger charge is -2.13. The molecular weight excluding hydrogens is 412 g/mol. The van der Waals surface area contributed by atoms with Gasteiger partial charge in [0.15, 0.2) is 0 Å². The van der Waals surface area contributed by atoms with Gasteiger partial charge in [-0.05, 0) is 61.9 Å². The van der Waals surface area contributed by atoms with Crippen LogP contribution in [-0.4, -0.2) is 20.7 Å². The molecule has 6 heteroatoms. The Bertz CT molecular complexity index is 1220. The van der Waals surface area contributed by atoms with Crippen molar-refractivity contribution in [3.8, 4) is 11.4 Å². The first kappa shape index (κ1) is 22.0. The van der Waals surface area contributed by atoms with Crippen LogP contribution in [0.5, 0.6) is 5.75 Å². The van der Waals surface area contributed by atoms with Crippen LogP contribution >= 0.6 is 0 Å². The molecule has 4 rings (SSSR count). The van der Waals surface area contributed by atoms with Crippen LogP contribution in [0.4, 0.5) is 0 Å². The van der Waals surface area contributed by atoms with Crippen LogP contribution in [-0.2, 0) is 11.4 Å². The second kappa shape index (κ2) is 10.4. The fourth-order valence-corrected chi connectivity index (χ4v) is 3.50. The Morgan fingerprint density at radius 3 is 2.55 bits per heavy atom. The van der Waals surface area contributed by atoms with E-state index in [2.05, 4.69) is 15.4 Å². The van der Waals surface area contributed by atoms with Crippen molar-refractivity contribution in [2.75, 3.05) is 0 Å². The minimum absolute atomic E-state index is 0.162. The summed E-state index contributed by atoms with van der Waals surface area (Å²) < 4.78 is 7.63. The van der Waals surface area contributed by atoms with Crippen molar-refractivity contribution in [1.29, 1.82) is 0 Å². The second-order valence-electron chi connectivity index (χ2n) is 7.68. The number of pyridine rings is 1. The Balaban J connectivity index is 1.32. The van der Waals surface area contributed by atoms with E-state index in [1.165, 1.54) is 6.08 Å². The smallest absolute Gasteiger partial charge is 0.244 e. The van der Waals surface area contributed by atoms with Gasteiger partial charge in [-0.15, -0.1) is 0 Å². The molecule has 0 unspecified atom stereocenters. The van der Waals surface area contributed by atoms with Crippen molar-refractivity contribution < 1.29 is 9.53 Å². The molecule has 0 aliphatic heterocycles. The molecule has 0 saturated carbocycles. The highest BCUT2D eigenvalue weighted by Gasteiger charge is 2.15. The molecule has 0 radical (unpaired) electrons. The Morgan fingerprint density at radius 2 is 1.82 bits per heavy atom. The number of rotatable bonds is 8. The van der Waals surface area contributed by atoms with E-state index in [9.17, 15) is 4.79 Å². The predicted octanol–water partition coefficient (Wildman–Crippen LogP) is 5.05. The minimum atomic E-state index is -0.165. The number of carbonyl (C=O) groups is 1. The SMILES string of the molecule is Cc1c([C@H](C)NC(=O)/C=C/c2ccc(OCc3ccccn3)cc2)cnn1-c1ccccc1. The molecular formula is C27H26N4O2. The lowest BCUT2D eigenvalue weighted by molar-refractivity contribution is -0.117. The zero-order valence-electron chi connectivity index (χ0n) is 18.7. The fourth-order valence-electron chi connectivity index (χ4n) is 3.50. The van der Waals surface area contributed by atoms with Crippen LogP contribution in [0.3, 0.4) is 0 Å². The van der Waals surface area contributed by atoms with E-state index in [0.717, 1.165) is 34.0 Å². The summed E-state index contributed by atoms with van der Waals surface area (Å²) in [6.45, 7) is 4.38. The molecule has 2 aromatic carbocycles. The first-order chi connectivity index (χ1) is 16.1. The molecule has 0 bridgehead atoms. The minimum Gasteiger partial charge on any atom is -0.487 e. The number of ether oxygens (including phenoxy) is 1. The first-order valence-corrected chi connectivity index (χ1v) is 10.8. The highest BCUT2D eigenvalue weighted by atomic mass is 16.5. The number of hydrogen-bond acceptors (Lipinski definition) is 4. The van der Waals surface area contributed by atoms with Gasteiger partial charge in [0.1, 0.15) is 12.4 Å². The molecule has 0 fully saturated rings. The number of aromatic nitrogens is 3. The van der Waals surface area contributed by atoms with E-state index in [1.807, 2.05) is 91.3 Å². The number of para-hydroxylation sites is 1. The maximum absolute atomic E-state index is 12.5. The van der Waals surface area contributed by atoms with Gasteiger partial charge in [-0.1, -0.05) is 36.4 Å². The molecule has 6 nitrogen and oxygen atoms in total. The highest BCUT2D eigenvalue weighted by Crippen LogP contribution is 2.20. The predicted molar refractivity (Wildman–Crippen MR) is 129 cm³/mol. The van der Waals surface area contributed by atoms with Crippen molar-refractivity contribution in [2.24, 2.45) is 0 Å². The first-order valence-electron chi connectivity index (χ1n) is 10.8. The fraction of sp³-hybridized carbons (Fsp3) is 0.148. The van der Waals surface area contributed by atoms with Crippen LogP contribution in [0.2, 0.25) is 0 Å². The summed E-state index contributed by atoms with van der Waals surface area (Å²) in [6.07, 6.45) is 6.87. The highest BCUT2D eigenvalue weighted by molar-refractivity contribution is 5.92. The van der Waals surface area contributed by atoms with Crippen molar-refractivity contribution in [3.05, 3.63) is 114 Å². The Kier molecular flexibility index (Phi) is 6.95. The van der Waals surface area contributed by atoms with Crippen molar-refractivity contribution in [3.63, 3.8) is 0 Å². The summed E-state index contributed by atoms with van der Waals surface area (Å²) in [5, 5.41) is 7.49. The van der Waals surface area contributed by atoms with Crippen LogP contribution in [0.25, 0.3) is 11.8 Å². The summed E-state index contributed by atoms with van der Waals surface area (Å²) >= 11 is 0. The molecule has 2 heterocycles. The van der Waals surface area contributed by atoms with E-state index in [4.69, 9.17) is 4.74 Å². The lowest BCUT2D eigenvalue weighted by Crippen LogP contribution is -2.25. The number of amides is 1. The van der Waals surface area contributed by atoms with Gasteiger partial charge in [0.05, 0.1) is 23.6 Å². The number of carbonyl (C=O) groups excluding carboxylic acids is 1. The normalized spacial score (nSPS) is 11.9. The number of nitrogens with zero attached hydrogens (tertiary/aromatic N) is 3.